The summed E-state index contributed by atoms with van der Waals surface area (Å²) < 4.78 is 5.16. The summed E-state index contributed by atoms with van der Waals surface area (Å²) in [5.41, 5.74) is 0.531. The van der Waals surface area contributed by atoms with Crippen molar-refractivity contribution in [2.45, 2.75) is 25.4 Å². The number of carbonyl (C=O) groups is 1. The molecule has 5 heteroatoms. The van der Waals surface area contributed by atoms with E-state index in [2.05, 4.69) is 10.3 Å². The van der Waals surface area contributed by atoms with Crippen molar-refractivity contribution in [3.05, 3.63) is 30.0 Å². The molecule has 1 aliphatic carbocycles. The molecule has 2 aromatic rings. The van der Waals surface area contributed by atoms with Crippen LogP contribution in [0.15, 0.2) is 24.3 Å². The van der Waals surface area contributed by atoms with Gasteiger partial charge in [-0.15, -0.1) is 0 Å². The number of carbonyl (C=O) groups excluding carboxylic acids is 1. The van der Waals surface area contributed by atoms with Crippen molar-refractivity contribution in [3.8, 4) is 5.75 Å². The molecule has 0 radical (unpaired) electrons. The summed E-state index contributed by atoms with van der Waals surface area (Å²) in [6, 6.07) is 7.42. The molecule has 1 aromatic carbocycles. The van der Waals surface area contributed by atoms with Crippen LogP contribution < -0.4 is 10.1 Å². The summed E-state index contributed by atoms with van der Waals surface area (Å²) in [5, 5.41) is 14.0. The fraction of sp³-hybridized carbons (Fsp3) is 0.438. The molecule has 5 nitrogen and oxygen atoms in total. The zero-order valence-corrected chi connectivity index (χ0v) is 12.3. The Morgan fingerprint density at radius 3 is 2.90 bits per heavy atom. The quantitative estimate of drug-likeness (QED) is 0.788. The van der Waals surface area contributed by atoms with Gasteiger partial charge in [-0.05, 0) is 43.9 Å². The first-order chi connectivity index (χ1) is 9.99. The highest BCUT2D eigenvalue weighted by Crippen LogP contribution is 2.39. The minimum absolute atomic E-state index is 0.203. The maximum Gasteiger partial charge on any atom is 0.267 e. The van der Waals surface area contributed by atoms with Gasteiger partial charge in [0.05, 0.1) is 12.7 Å². The lowest BCUT2D eigenvalue weighted by molar-refractivity contribution is 0.0353. The predicted molar refractivity (Wildman–Crippen MR) is 80.5 cm³/mol. The van der Waals surface area contributed by atoms with Gasteiger partial charge in [-0.3, -0.25) is 4.79 Å². The molecule has 112 valence electrons. The number of fused-ring (bicyclic) bond motifs is 1. The second-order valence-electron chi connectivity index (χ2n) is 5.95. The van der Waals surface area contributed by atoms with Gasteiger partial charge in [0.15, 0.2) is 0 Å². The van der Waals surface area contributed by atoms with Crippen LogP contribution in [0.4, 0.5) is 0 Å². The van der Waals surface area contributed by atoms with Crippen LogP contribution in [0.25, 0.3) is 10.9 Å². The molecule has 3 N–H and O–H groups in total. The summed E-state index contributed by atoms with van der Waals surface area (Å²) >= 11 is 0. The molecule has 1 aliphatic rings. The molecule has 21 heavy (non-hydrogen) atoms. The number of H-pyrrole nitrogens is 1. The van der Waals surface area contributed by atoms with Gasteiger partial charge in [0.25, 0.3) is 5.91 Å². The van der Waals surface area contributed by atoms with Crippen LogP contribution in [0.3, 0.4) is 0 Å². The molecule has 1 amide bonds. The number of nitrogens with one attached hydrogen (secondary N) is 2. The van der Waals surface area contributed by atoms with Gasteiger partial charge in [0.2, 0.25) is 0 Å². The van der Waals surface area contributed by atoms with Crippen molar-refractivity contribution >= 4 is 16.8 Å². The number of rotatable bonds is 5. The summed E-state index contributed by atoms with van der Waals surface area (Å²) in [6.07, 6.45) is 2.07. The second-order valence-corrected chi connectivity index (χ2v) is 5.95. The zero-order chi connectivity index (χ0) is 15.0. The fourth-order valence-electron chi connectivity index (χ4n) is 2.56. The first-order valence-corrected chi connectivity index (χ1v) is 7.17. The summed E-state index contributed by atoms with van der Waals surface area (Å²) in [5.74, 6) is 0.851. The van der Waals surface area contributed by atoms with E-state index in [9.17, 15) is 9.90 Å². The fourth-order valence-corrected chi connectivity index (χ4v) is 2.56. The van der Waals surface area contributed by atoms with Gasteiger partial charge < -0.3 is 20.1 Å². The van der Waals surface area contributed by atoms with Gasteiger partial charge >= 0.3 is 0 Å². The van der Waals surface area contributed by atoms with E-state index in [4.69, 9.17) is 4.74 Å². The third-order valence-corrected chi connectivity index (χ3v) is 4.14. The Kier molecular flexibility index (Phi) is 3.37. The van der Waals surface area contributed by atoms with Crippen molar-refractivity contribution in [3.63, 3.8) is 0 Å². The highest BCUT2D eigenvalue weighted by Gasteiger charge is 2.40. The molecule has 1 saturated carbocycles. The number of amides is 1. The summed E-state index contributed by atoms with van der Waals surface area (Å²) in [6.45, 7) is 2.05. The third-order valence-electron chi connectivity index (χ3n) is 4.14. The number of aliphatic hydroxyl groups is 1. The number of ether oxygens (including phenoxy) is 1. The summed E-state index contributed by atoms with van der Waals surface area (Å²) in [7, 11) is 1.61. The molecule has 1 atom stereocenters. The Bertz CT molecular complexity index is 671. The molecular formula is C16H20N2O3. The van der Waals surface area contributed by atoms with Crippen LogP contribution in [-0.2, 0) is 0 Å². The second kappa shape index (κ2) is 5.07. The van der Waals surface area contributed by atoms with E-state index in [1.165, 1.54) is 0 Å². The van der Waals surface area contributed by atoms with Gasteiger partial charge in [0, 0.05) is 23.5 Å². The molecule has 0 aliphatic heterocycles. The van der Waals surface area contributed by atoms with Crippen LogP contribution in [0.5, 0.6) is 5.75 Å². The minimum Gasteiger partial charge on any atom is -0.497 e. The number of hydrogen-bond donors (Lipinski definition) is 3. The van der Waals surface area contributed by atoms with Crippen molar-refractivity contribution in [2.24, 2.45) is 5.92 Å². The molecule has 0 bridgehead atoms. The topological polar surface area (TPSA) is 74.3 Å². The minimum atomic E-state index is -0.815. The highest BCUT2D eigenvalue weighted by atomic mass is 16.5. The maximum absolute atomic E-state index is 12.2. The number of methoxy groups -OCH3 is 1. The van der Waals surface area contributed by atoms with Crippen LogP contribution in [-0.4, -0.2) is 35.3 Å². The van der Waals surface area contributed by atoms with Crippen molar-refractivity contribution < 1.29 is 14.6 Å². The maximum atomic E-state index is 12.2. The average molecular weight is 288 g/mol. The van der Waals surface area contributed by atoms with Gasteiger partial charge in [-0.25, -0.2) is 0 Å². The number of aromatic nitrogens is 1. The normalized spacial score (nSPS) is 17.5. The van der Waals surface area contributed by atoms with Gasteiger partial charge in [0.1, 0.15) is 11.4 Å². The van der Waals surface area contributed by atoms with Crippen molar-refractivity contribution in [1.29, 1.82) is 0 Å². The standard InChI is InChI=1S/C16H20N2O3/c1-16(20,11-4-5-11)9-17-15(19)14-7-10-3-6-12(21-2)8-13(10)18-14/h3,6-8,11,18,20H,4-5,9H2,1-2H3,(H,17,19). The molecule has 1 aromatic heterocycles. The van der Waals surface area contributed by atoms with Gasteiger partial charge in [-0.1, -0.05) is 0 Å². The molecule has 0 spiro atoms. The van der Waals surface area contributed by atoms with Crippen molar-refractivity contribution in [2.75, 3.05) is 13.7 Å². The number of benzene rings is 1. The number of aromatic amines is 1. The Morgan fingerprint density at radius 2 is 2.24 bits per heavy atom. The lowest BCUT2D eigenvalue weighted by Crippen LogP contribution is -2.42. The lowest BCUT2D eigenvalue weighted by atomic mass is 10.0. The average Bonchev–Trinajstić information content (AvgIpc) is 3.24. The van der Waals surface area contributed by atoms with E-state index in [1.807, 2.05) is 18.2 Å². The Balaban J connectivity index is 1.72. The molecule has 1 fully saturated rings. The third kappa shape index (κ3) is 2.88. The molecular weight excluding hydrogens is 268 g/mol. The predicted octanol–water partition coefficient (Wildman–Crippen LogP) is 2.07. The first kappa shape index (κ1) is 13.9. The SMILES string of the molecule is COc1ccc2cc(C(=O)NCC(C)(O)C3CC3)[nH]c2c1. The van der Waals surface area contributed by atoms with Crippen LogP contribution in [0, 0.1) is 5.92 Å². The molecule has 3 rings (SSSR count). The number of hydrogen-bond acceptors (Lipinski definition) is 3. The van der Waals surface area contributed by atoms with Crippen LogP contribution in [0.2, 0.25) is 0 Å². The molecule has 1 unspecified atom stereocenters. The van der Waals surface area contributed by atoms with E-state index < -0.39 is 5.60 Å². The van der Waals surface area contributed by atoms with E-state index in [0.717, 1.165) is 29.5 Å². The lowest BCUT2D eigenvalue weighted by Gasteiger charge is -2.22. The smallest absolute Gasteiger partial charge is 0.267 e. The molecule has 1 heterocycles. The van der Waals surface area contributed by atoms with E-state index in [0.29, 0.717) is 11.6 Å². The zero-order valence-electron chi connectivity index (χ0n) is 12.3. The monoisotopic (exact) mass is 288 g/mol. The first-order valence-electron chi connectivity index (χ1n) is 7.17. The van der Waals surface area contributed by atoms with E-state index in [-0.39, 0.29) is 12.5 Å². The van der Waals surface area contributed by atoms with Gasteiger partial charge in [-0.2, -0.15) is 0 Å². The largest absolute Gasteiger partial charge is 0.497 e. The summed E-state index contributed by atoms with van der Waals surface area (Å²) in [4.78, 5) is 15.3. The van der Waals surface area contributed by atoms with E-state index >= 15 is 0 Å². The van der Waals surface area contributed by atoms with Crippen molar-refractivity contribution in [1.82, 2.24) is 10.3 Å². The van der Waals surface area contributed by atoms with E-state index in [1.54, 1.807) is 20.1 Å². The highest BCUT2D eigenvalue weighted by molar-refractivity contribution is 5.98. The van der Waals surface area contributed by atoms with Crippen LogP contribution in [0.1, 0.15) is 30.3 Å². The Hall–Kier alpha value is -2.01. The van der Waals surface area contributed by atoms with Crippen LogP contribution >= 0.6 is 0 Å². The Labute approximate surface area is 123 Å². The molecule has 0 saturated heterocycles. The Morgan fingerprint density at radius 1 is 1.48 bits per heavy atom.